The lowest BCUT2D eigenvalue weighted by Gasteiger charge is -2.14. The summed E-state index contributed by atoms with van der Waals surface area (Å²) < 4.78 is 0. The van der Waals surface area contributed by atoms with E-state index >= 15 is 0 Å². The maximum absolute atomic E-state index is 10.2. The standard InChI is InChI=1S/C7H8O4/c8-3-4-1-5(9)7(11)6(10)2-4/h1,3,6,9-11H,2H2. The fourth-order valence-electron chi connectivity index (χ4n) is 0.881. The van der Waals surface area contributed by atoms with Gasteiger partial charge in [0.25, 0.3) is 0 Å². The second-order valence-corrected chi connectivity index (χ2v) is 2.33. The quantitative estimate of drug-likeness (QED) is 0.474. The van der Waals surface area contributed by atoms with Crippen LogP contribution in [-0.4, -0.2) is 27.7 Å². The molecular weight excluding hydrogens is 148 g/mol. The number of aldehydes is 1. The van der Waals surface area contributed by atoms with E-state index < -0.39 is 17.6 Å². The first kappa shape index (κ1) is 7.81. The van der Waals surface area contributed by atoms with E-state index in [-0.39, 0.29) is 12.0 Å². The number of carbonyl (C=O) groups is 1. The van der Waals surface area contributed by atoms with Gasteiger partial charge in [-0.05, 0) is 11.6 Å². The number of allylic oxidation sites excluding steroid dienone is 1. The minimum Gasteiger partial charge on any atom is -0.506 e. The topological polar surface area (TPSA) is 77.8 Å². The van der Waals surface area contributed by atoms with Gasteiger partial charge in [-0.1, -0.05) is 0 Å². The van der Waals surface area contributed by atoms with Crippen LogP contribution in [0.2, 0.25) is 0 Å². The maximum Gasteiger partial charge on any atom is 0.163 e. The van der Waals surface area contributed by atoms with Crippen molar-refractivity contribution in [3.8, 4) is 0 Å². The van der Waals surface area contributed by atoms with Gasteiger partial charge in [0.1, 0.15) is 12.4 Å². The maximum atomic E-state index is 10.2. The molecule has 0 radical (unpaired) electrons. The fraction of sp³-hybridized carbons (Fsp3) is 0.286. The van der Waals surface area contributed by atoms with E-state index in [2.05, 4.69) is 0 Å². The van der Waals surface area contributed by atoms with Gasteiger partial charge >= 0.3 is 0 Å². The van der Waals surface area contributed by atoms with Gasteiger partial charge in [-0.3, -0.25) is 4.79 Å². The first-order valence-electron chi connectivity index (χ1n) is 3.11. The zero-order chi connectivity index (χ0) is 8.43. The van der Waals surface area contributed by atoms with E-state index in [0.717, 1.165) is 6.08 Å². The van der Waals surface area contributed by atoms with Crippen LogP contribution in [0.3, 0.4) is 0 Å². The van der Waals surface area contributed by atoms with Gasteiger partial charge in [0.05, 0.1) is 0 Å². The highest BCUT2D eigenvalue weighted by Gasteiger charge is 2.20. The molecule has 1 rings (SSSR count). The molecule has 0 aromatic carbocycles. The second kappa shape index (κ2) is 2.75. The van der Waals surface area contributed by atoms with Gasteiger partial charge in [-0.2, -0.15) is 0 Å². The van der Waals surface area contributed by atoms with Crippen molar-refractivity contribution < 1.29 is 20.1 Å². The highest BCUT2D eigenvalue weighted by Crippen LogP contribution is 2.19. The van der Waals surface area contributed by atoms with Crippen molar-refractivity contribution in [1.29, 1.82) is 0 Å². The molecule has 0 saturated carbocycles. The van der Waals surface area contributed by atoms with E-state index in [0.29, 0.717) is 6.29 Å². The molecule has 0 amide bonds. The number of aliphatic hydroxyl groups excluding tert-OH is 3. The smallest absolute Gasteiger partial charge is 0.163 e. The van der Waals surface area contributed by atoms with Gasteiger partial charge in [0.2, 0.25) is 0 Å². The summed E-state index contributed by atoms with van der Waals surface area (Å²) in [5.41, 5.74) is 0.271. The highest BCUT2D eigenvalue weighted by molar-refractivity contribution is 5.75. The number of aliphatic hydroxyl groups is 3. The van der Waals surface area contributed by atoms with Crippen molar-refractivity contribution in [3.05, 3.63) is 23.2 Å². The normalized spacial score (nSPS) is 24.8. The van der Waals surface area contributed by atoms with Crippen LogP contribution in [0.5, 0.6) is 0 Å². The van der Waals surface area contributed by atoms with Crippen molar-refractivity contribution in [1.82, 2.24) is 0 Å². The Morgan fingerprint density at radius 1 is 1.55 bits per heavy atom. The van der Waals surface area contributed by atoms with Crippen molar-refractivity contribution in [2.75, 3.05) is 0 Å². The molecule has 0 fully saturated rings. The van der Waals surface area contributed by atoms with E-state index in [9.17, 15) is 4.79 Å². The minimum absolute atomic E-state index is 0.0550. The number of carbonyl (C=O) groups excluding carboxylic acids is 1. The number of hydrogen-bond donors (Lipinski definition) is 3. The third-order valence-electron chi connectivity index (χ3n) is 1.48. The van der Waals surface area contributed by atoms with Crippen LogP contribution in [0.1, 0.15) is 6.42 Å². The van der Waals surface area contributed by atoms with E-state index in [1.165, 1.54) is 0 Å². The average molecular weight is 156 g/mol. The first-order valence-corrected chi connectivity index (χ1v) is 3.11. The minimum atomic E-state index is -1.15. The molecule has 4 nitrogen and oxygen atoms in total. The Balaban J connectivity index is 2.95. The van der Waals surface area contributed by atoms with Gasteiger partial charge in [-0.25, -0.2) is 0 Å². The molecule has 0 heterocycles. The van der Waals surface area contributed by atoms with Crippen LogP contribution < -0.4 is 0 Å². The molecule has 0 aromatic heterocycles. The lowest BCUT2D eigenvalue weighted by atomic mass is 10.0. The molecule has 3 N–H and O–H groups in total. The first-order chi connectivity index (χ1) is 5.15. The predicted octanol–water partition coefficient (Wildman–Crippen LogP) is 0.204. The zero-order valence-corrected chi connectivity index (χ0v) is 5.69. The molecule has 1 aliphatic rings. The summed E-state index contributed by atoms with van der Waals surface area (Å²) in [5, 5.41) is 26.7. The fourth-order valence-corrected chi connectivity index (χ4v) is 0.881. The molecule has 0 aromatic rings. The summed E-state index contributed by atoms with van der Waals surface area (Å²) in [5.74, 6) is -0.915. The molecule has 0 bridgehead atoms. The Hall–Kier alpha value is -1.29. The molecule has 1 unspecified atom stereocenters. The molecule has 0 aliphatic heterocycles. The van der Waals surface area contributed by atoms with E-state index in [1.807, 2.05) is 0 Å². The van der Waals surface area contributed by atoms with Gasteiger partial charge in [0.15, 0.2) is 11.5 Å². The SMILES string of the molecule is O=CC1=CC(O)=C(O)C(O)C1. The molecule has 0 spiro atoms. The van der Waals surface area contributed by atoms with Crippen molar-refractivity contribution in [3.63, 3.8) is 0 Å². The number of hydrogen-bond acceptors (Lipinski definition) is 4. The molecule has 4 heteroatoms. The third-order valence-corrected chi connectivity index (χ3v) is 1.48. The lowest BCUT2D eigenvalue weighted by molar-refractivity contribution is -0.105. The summed E-state index contributed by atoms with van der Waals surface area (Å²) >= 11 is 0. The van der Waals surface area contributed by atoms with E-state index in [4.69, 9.17) is 15.3 Å². The summed E-state index contributed by atoms with van der Waals surface area (Å²) in [4.78, 5) is 10.2. The van der Waals surface area contributed by atoms with Gasteiger partial charge in [0, 0.05) is 6.42 Å². The average Bonchev–Trinajstić information content (AvgIpc) is 1.99. The van der Waals surface area contributed by atoms with Crippen molar-refractivity contribution in [2.45, 2.75) is 12.5 Å². The van der Waals surface area contributed by atoms with Crippen LogP contribution in [0.4, 0.5) is 0 Å². The summed E-state index contributed by atoms with van der Waals surface area (Å²) in [6.45, 7) is 0. The zero-order valence-electron chi connectivity index (χ0n) is 5.69. The molecule has 1 atom stereocenters. The molecular formula is C7H8O4. The monoisotopic (exact) mass is 156 g/mol. The third kappa shape index (κ3) is 1.40. The van der Waals surface area contributed by atoms with E-state index in [1.54, 1.807) is 0 Å². The summed E-state index contributed by atoms with van der Waals surface area (Å²) in [7, 11) is 0. The Bertz CT molecular complexity index is 239. The molecule has 0 saturated heterocycles. The van der Waals surface area contributed by atoms with Gasteiger partial charge < -0.3 is 15.3 Å². The van der Waals surface area contributed by atoms with Gasteiger partial charge in [-0.15, -0.1) is 0 Å². The Kier molecular flexibility index (Phi) is 1.96. The largest absolute Gasteiger partial charge is 0.506 e. The molecule has 11 heavy (non-hydrogen) atoms. The summed E-state index contributed by atoms with van der Waals surface area (Å²) in [6, 6.07) is 0. The van der Waals surface area contributed by atoms with Crippen molar-refractivity contribution in [2.24, 2.45) is 0 Å². The van der Waals surface area contributed by atoms with Crippen LogP contribution in [-0.2, 0) is 4.79 Å². The van der Waals surface area contributed by atoms with Crippen molar-refractivity contribution >= 4 is 6.29 Å². The predicted molar refractivity (Wildman–Crippen MR) is 37.1 cm³/mol. The highest BCUT2D eigenvalue weighted by atomic mass is 16.3. The Morgan fingerprint density at radius 3 is 2.64 bits per heavy atom. The van der Waals surface area contributed by atoms with Crippen LogP contribution in [0.25, 0.3) is 0 Å². The van der Waals surface area contributed by atoms with Crippen LogP contribution >= 0.6 is 0 Å². The Morgan fingerprint density at radius 2 is 2.18 bits per heavy atom. The second-order valence-electron chi connectivity index (χ2n) is 2.33. The lowest BCUT2D eigenvalue weighted by Crippen LogP contribution is -2.17. The molecule has 60 valence electrons. The summed E-state index contributed by atoms with van der Waals surface area (Å²) in [6.07, 6.45) is 0.570. The number of rotatable bonds is 1. The van der Waals surface area contributed by atoms with Crippen LogP contribution in [0, 0.1) is 0 Å². The Labute approximate surface area is 63.1 Å². The molecule has 1 aliphatic carbocycles. The van der Waals surface area contributed by atoms with Crippen LogP contribution in [0.15, 0.2) is 23.2 Å².